The normalized spacial score (nSPS) is 25.8. The number of nitrogens with one attached hydrogen (secondary N) is 1. The second kappa shape index (κ2) is 6.97. The lowest BCUT2D eigenvalue weighted by molar-refractivity contribution is -0.162. The maximum Gasteiger partial charge on any atom is 0.313 e. The van der Waals surface area contributed by atoms with E-state index < -0.39 is 0 Å². The third-order valence-corrected chi connectivity index (χ3v) is 3.27. The van der Waals surface area contributed by atoms with Crippen molar-refractivity contribution in [2.45, 2.75) is 46.1 Å². The Kier molecular flexibility index (Phi) is 5.92. The molecule has 0 bridgehead atoms. The van der Waals surface area contributed by atoms with Gasteiger partial charge in [-0.3, -0.25) is 4.79 Å². The highest BCUT2D eigenvalue weighted by Gasteiger charge is 2.42. The van der Waals surface area contributed by atoms with Crippen LogP contribution in [-0.2, 0) is 14.3 Å². The molecule has 1 aliphatic heterocycles. The van der Waals surface area contributed by atoms with E-state index in [1.807, 2.05) is 13.8 Å². The molecule has 1 fully saturated rings. The van der Waals surface area contributed by atoms with E-state index in [1.54, 1.807) is 0 Å². The molecule has 0 amide bonds. The van der Waals surface area contributed by atoms with Crippen LogP contribution in [0.15, 0.2) is 0 Å². The number of esters is 1. The number of hydrogen-bond donors (Lipinski definition) is 1. The summed E-state index contributed by atoms with van der Waals surface area (Å²) in [7, 11) is 0. The van der Waals surface area contributed by atoms with E-state index in [9.17, 15) is 4.79 Å². The van der Waals surface area contributed by atoms with Crippen LogP contribution in [0.25, 0.3) is 0 Å². The molecule has 0 spiro atoms. The maximum absolute atomic E-state index is 12.2. The largest absolute Gasteiger partial charge is 0.460 e. The summed E-state index contributed by atoms with van der Waals surface area (Å²) in [6, 6.07) is 0. The molecule has 17 heavy (non-hydrogen) atoms. The van der Waals surface area contributed by atoms with E-state index in [4.69, 9.17) is 9.47 Å². The minimum atomic E-state index is -0.296. The minimum Gasteiger partial charge on any atom is -0.460 e. The van der Waals surface area contributed by atoms with Crippen LogP contribution in [0.4, 0.5) is 0 Å². The van der Waals surface area contributed by atoms with Crippen molar-refractivity contribution in [2.75, 3.05) is 26.3 Å². The fourth-order valence-electron chi connectivity index (χ4n) is 2.34. The predicted molar refractivity (Wildman–Crippen MR) is 66.9 cm³/mol. The molecule has 1 heterocycles. The summed E-state index contributed by atoms with van der Waals surface area (Å²) in [4.78, 5) is 12.2. The second-order valence-electron chi connectivity index (χ2n) is 4.83. The van der Waals surface area contributed by atoms with Gasteiger partial charge in [-0.15, -0.1) is 0 Å². The third kappa shape index (κ3) is 3.96. The Bertz CT molecular complexity index is 237. The third-order valence-electron chi connectivity index (χ3n) is 3.27. The lowest BCUT2D eigenvalue weighted by atomic mass is 9.82. The van der Waals surface area contributed by atoms with Gasteiger partial charge in [0.25, 0.3) is 0 Å². The van der Waals surface area contributed by atoms with Crippen molar-refractivity contribution in [2.24, 2.45) is 5.41 Å². The summed E-state index contributed by atoms with van der Waals surface area (Å²) in [5.41, 5.74) is -0.296. The predicted octanol–water partition coefficient (Wildman–Crippen LogP) is 1.73. The molecular formula is C13H25NO3. The van der Waals surface area contributed by atoms with Crippen LogP contribution in [0, 0.1) is 5.41 Å². The highest BCUT2D eigenvalue weighted by Crippen LogP contribution is 2.32. The summed E-state index contributed by atoms with van der Waals surface area (Å²) in [6.45, 7) is 8.73. The molecule has 0 aromatic carbocycles. The molecule has 4 heteroatoms. The topological polar surface area (TPSA) is 47.6 Å². The molecule has 0 aromatic rings. The molecule has 2 unspecified atom stereocenters. The SMILES string of the molecule is CCCC1(C(=O)OC(C)COCC)CCNC1. The fraction of sp³-hybridized carbons (Fsp3) is 0.923. The van der Waals surface area contributed by atoms with Crippen LogP contribution in [0.3, 0.4) is 0 Å². The summed E-state index contributed by atoms with van der Waals surface area (Å²) >= 11 is 0. The molecule has 0 aromatic heterocycles. The van der Waals surface area contributed by atoms with Gasteiger partial charge in [-0.2, -0.15) is 0 Å². The molecule has 1 saturated heterocycles. The Labute approximate surface area is 104 Å². The molecule has 100 valence electrons. The van der Waals surface area contributed by atoms with Crippen LogP contribution >= 0.6 is 0 Å². The van der Waals surface area contributed by atoms with Gasteiger partial charge in [0.05, 0.1) is 12.0 Å². The van der Waals surface area contributed by atoms with Crippen LogP contribution < -0.4 is 5.32 Å². The Morgan fingerprint density at radius 2 is 2.24 bits per heavy atom. The number of rotatable bonds is 7. The molecule has 0 saturated carbocycles. The summed E-state index contributed by atoms with van der Waals surface area (Å²) in [5, 5.41) is 3.26. The molecule has 0 radical (unpaired) electrons. The molecule has 1 N–H and O–H groups in total. The van der Waals surface area contributed by atoms with E-state index in [1.165, 1.54) is 0 Å². The van der Waals surface area contributed by atoms with Crippen LogP contribution in [0.5, 0.6) is 0 Å². The van der Waals surface area contributed by atoms with Crippen molar-refractivity contribution in [1.29, 1.82) is 0 Å². The monoisotopic (exact) mass is 243 g/mol. The van der Waals surface area contributed by atoms with E-state index in [0.29, 0.717) is 13.2 Å². The molecule has 0 aliphatic carbocycles. The lowest BCUT2D eigenvalue weighted by Gasteiger charge is -2.27. The van der Waals surface area contributed by atoms with Crippen molar-refractivity contribution in [1.82, 2.24) is 5.32 Å². The first-order chi connectivity index (χ1) is 8.14. The molecular weight excluding hydrogens is 218 g/mol. The van der Waals surface area contributed by atoms with Crippen molar-refractivity contribution >= 4 is 5.97 Å². The van der Waals surface area contributed by atoms with Crippen molar-refractivity contribution < 1.29 is 14.3 Å². The fourth-order valence-corrected chi connectivity index (χ4v) is 2.34. The number of carbonyl (C=O) groups excluding carboxylic acids is 1. The van der Waals surface area contributed by atoms with Gasteiger partial charge in [-0.1, -0.05) is 13.3 Å². The van der Waals surface area contributed by atoms with Gasteiger partial charge in [-0.05, 0) is 33.2 Å². The minimum absolute atomic E-state index is 0.0587. The average Bonchev–Trinajstić information content (AvgIpc) is 2.76. The maximum atomic E-state index is 12.2. The van der Waals surface area contributed by atoms with E-state index in [0.717, 1.165) is 32.4 Å². The zero-order valence-corrected chi connectivity index (χ0v) is 11.3. The highest BCUT2D eigenvalue weighted by molar-refractivity contribution is 5.77. The molecule has 2 atom stereocenters. The van der Waals surface area contributed by atoms with Crippen molar-refractivity contribution in [3.05, 3.63) is 0 Å². The summed E-state index contributed by atoms with van der Waals surface area (Å²) in [6.07, 6.45) is 2.65. The van der Waals surface area contributed by atoms with Gasteiger partial charge in [0, 0.05) is 13.2 Å². The highest BCUT2D eigenvalue weighted by atomic mass is 16.6. The van der Waals surface area contributed by atoms with Crippen LogP contribution in [0.2, 0.25) is 0 Å². The Morgan fingerprint density at radius 3 is 2.76 bits per heavy atom. The van der Waals surface area contributed by atoms with Gasteiger partial charge >= 0.3 is 5.97 Å². The molecule has 1 aliphatic rings. The average molecular weight is 243 g/mol. The van der Waals surface area contributed by atoms with Crippen molar-refractivity contribution in [3.8, 4) is 0 Å². The molecule has 1 rings (SSSR count). The first-order valence-corrected chi connectivity index (χ1v) is 6.64. The number of carbonyl (C=O) groups is 1. The van der Waals surface area contributed by atoms with Gasteiger partial charge in [0.1, 0.15) is 6.10 Å². The molecule has 4 nitrogen and oxygen atoms in total. The zero-order valence-electron chi connectivity index (χ0n) is 11.3. The van der Waals surface area contributed by atoms with Gasteiger partial charge < -0.3 is 14.8 Å². The smallest absolute Gasteiger partial charge is 0.313 e. The summed E-state index contributed by atoms with van der Waals surface area (Å²) < 4.78 is 10.7. The van der Waals surface area contributed by atoms with E-state index in [2.05, 4.69) is 12.2 Å². The van der Waals surface area contributed by atoms with E-state index >= 15 is 0 Å². The van der Waals surface area contributed by atoms with Crippen LogP contribution in [0.1, 0.15) is 40.0 Å². The number of hydrogen-bond acceptors (Lipinski definition) is 4. The quantitative estimate of drug-likeness (QED) is 0.692. The Morgan fingerprint density at radius 1 is 1.47 bits per heavy atom. The zero-order chi connectivity index (χ0) is 12.7. The van der Waals surface area contributed by atoms with Crippen molar-refractivity contribution in [3.63, 3.8) is 0 Å². The first-order valence-electron chi connectivity index (χ1n) is 6.64. The Hall–Kier alpha value is -0.610. The lowest BCUT2D eigenvalue weighted by Crippen LogP contribution is -2.37. The summed E-state index contributed by atoms with van der Waals surface area (Å²) in [5.74, 6) is -0.0587. The van der Waals surface area contributed by atoms with Gasteiger partial charge in [0.2, 0.25) is 0 Å². The van der Waals surface area contributed by atoms with Gasteiger partial charge in [0.15, 0.2) is 0 Å². The van der Waals surface area contributed by atoms with Crippen LogP contribution in [-0.4, -0.2) is 38.4 Å². The Balaban J connectivity index is 2.48. The number of ether oxygens (including phenoxy) is 2. The first kappa shape index (κ1) is 14.5. The van der Waals surface area contributed by atoms with Gasteiger partial charge in [-0.25, -0.2) is 0 Å². The standard InChI is InChI=1S/C13H25NO3/c1-4-6-13(7-8-14-10-13)12(15)17-11(3)9-16-5-2/h11,14H,4-10H2,1-3H3. The second-order valence-corrected chi connectivity index (χ2v) is 4.83. The van der Waals surface area contributed by atoms with E-state index in [-0.39, 0.29) is 17.5 Å².